The van der Waals surface area contributed by atoms with Crippen molar-refractivity contribution in [1.82, 2.24) is 0 Å². The minimum atomic E-state index is -0.298. The summed E-state index contributed by atoms with van der Waals surface area (Å²) in [6.07, 6.45) is 0.655. The fraction of sp³-hybridized carbons (Fsp3) is 0.321. The minimum Gasteiger partial charge on any atom is -0.507 e. The highest BCUT2D eigenvalue weighted by Gasteiger charge is 2.33. The largest absolute Gasteiger partial charge is 0.507 e. The zero-order valence-electron chi connectivity index (χ0n) is 19.7. The molecule has 3 aromatic carbocycles. The van der Waals surface area contributed by atoms with E-state index in [1.807, 2.05) is 95.3 Å². The fourth-order valence-electron chi connectivity index (χ4n) is 3.74. The Balaban J connectivity index is 0.000000860. The van der Waals surface area contributed by atoms with Gasteiger partial charge in [-0.3, -0.25) is 4.79 Å². The van der Waals surface area contributed by atoms with Crippen LogP contribution in [0.2, 0.25) is 0 Å². The van der Waals surface area contributed by atoms with Gasteiger partial charge >= 0.3 is 0 Å². The molecule has 4 rings (SSSR count). The number of rotatable bonds is 4. The van der Waals surface area contributed by atoms with Crippen molar-refractivity contribution in [3.05, 3.63) is 88.5 Å². The molecule has 4 heteroatoms. The first kappa shape index (κ1) is 25.0. The number of ether oxygens (including phenoxy) is 1. The van der Waals surface area contributed by atoms with E-state index < -0.39 is 0 Å². The van der Waals surface area contributed by atoms with Gasteiger partial charge in [-0.25, -0.2) is 0 Å². The number of phenolic OH excluding ortho intramolecular Hbond substituents is 2. The maximum absolute atomic E-state index is 12.7. The highest BCUT2D eigenvalue weighted by molar-refractivity contribution is 6.04. The van der Waals surface area contributed by atoms with Gasteiger partial charge in [0.2, 0.25) is 0 Å². The smallest absolute Gasteiger partial charge is 0.174 e. The average Bonchev–Trinajstić information content (AvgIpc) is 2.83. The number of hydrogen-bond acceptors (Lipinski definition) is 4. The normalized spacial score (nSPS) is 14.2. The van der Waals surface area contributed by atoms with Gasteiger partial charge in [0.05, 0.1) is 0 Å². The summed E-state index contributed by atoms with van der Waals surface area (Å²) >= 11 is 0. The van der Waals surface area contributed by atoms with Gasteiger partial charge < -0.3 is 14.9 Å². The van der Waals surface area contributed by atoms with Gasteiger partial charge in [-0.15, -0.1) is 0 Å². The lowest BCUT2D eigenvalue weighted by Crippen LogP contribution is -2.25. The molecule has 32 heavy (non-hydrogen) atoms. The Morgan fingerprint density at radius 1 is 0.781 bits per heavy atom. The van der Waals surface area contributed by atoms with Crippen molar-refractivity contribution in [2.75, 3.05) is 0 Å². The Kier molecular flexibility index (Phi) is 9.33. The molecule has 0 bridgehead atoms. The van der Waals surface area contributed by atoms with Crippen molar-refractivity contribution in [1.29, 1.82) is 0 Å². The van der Waals surface area contributed by atoms with Gasteiger partial charge in [-0.2, -0.15) is 0 Å². The molecule has 0 saturated heterocycles. The molecule has 1 aliphatic rings. The number of fused-ring (bicyclic) bond motifs is 1. The predicted octanol–water partition coefficient (Wildman–Crippen LogP) is 6.69. The van der Waals surface area contributed by atoms with Crippen molar-refractivity contribution in [2.24, 2.45) is 0 Å². The zero-order valence-corrected chi connectivity index (χ0v) is 19.7. The first-order valence-corrected chi connectivity index (χ1v) is 11.4. The van der Waals surface area contributed by atoms with Crippen LogP contribution in [0.4, 0.5) is 0 Å². The maximum atomic E-state index is 12.7. The standard InChI is InChI=1S/C24H22O4.2C2H6/c1-15-12-20(25)21-23(27)18(13-16-8-4-2-5-9-16)22(26)19(24(21)28-15)14-17-10-6-3-7-11-17;2*1-2/h2-11,15,26-27H,12-14H2,1H3;2*1-2H3. The molecule has 1 aliphatic heterocycles. The SMILES string of the molecule is CC.CC.CC1CC(=O)c2c(O)c(Cc3ccccc3)c(O)c(Cc3ccccc3)c2O1. The van der Waals surface area contributed by atoms with Crippen LogP contribution in [0.25, 0.3) is 0 Å². The van der Waals surface area contributed by atoms with Crippen LogP contribution < -0.4 is 4.74 Å². The molecule has 2 N–H and O–H groups in total. The Morgan fingerprint density at radius 2 is 1.25 bits per heavy atom. The first-order valence-electron chi connectivity index (χ1n) is 11.4. The number of phenols is 2. The number of benzene rings is 3. The van der Waals surface area contributed by atoms with Gasteiger partial charge in [0, 0.05) is 30.4 Å². The Labute approximate surface area is 191 Å². The summed E-state index contributed by atoms with van der Waals surface area (Å²) in [6, 6.07) is 19.3. The number of carbonyl (C=O) groups excluding carboxylic acids is 1. The summed E-state index contributed by atoms with van der Waals surface area (Å²) in [4.78, 5) is 12.7. The van der Waals surface area contributed by atoms with E-state index >= 15 is 0 Å². The van der Waals surface area contributed by atoms with Gasteiger partial charge in [-0.1, -0.05) is 88.4 Å². The van der Waals surface area contributed by atoms with Crippen LogP contribution in [-0.4, -0.2) is 22.1 Å². The molecular weight excluding hydrogens is 400 g/mol. The lowest BCUT2D eigenvalue weighted by Gasteiger charge is -2.27. The van der Waals surface area contributed by atoms with Gasteiger partial charge in [0.15, 0.2) is 5.78 Å². The topological polar surface area (TPSA) is 66.8 Å². The molecule has 0 fully saturated rings. The quantitative estimate of drug-likeness (QED) is 0.480. The van der Waals surface area contributed by atoms with Crippen LogP contribution in [0.3, 0.4) is 0 Å². The van der Waals surface area contributed by atoms with Crippen molar-refractivity contribution in [3.63, 3.8) is 0 Å². The zero-order chi connectivity index (χ0) is 23.7. The summed E-state index contributed by atoms with van der Waals surface area (Å²) in [6.45, 7) is 9.82. The summed E-state index contributed by atoms with van der Waals surface area (Å²) in [5.74, 6) is -0.0368. The number of aromatic hydroxyl groups is 2. The van der Waals surface area contributed by atoms with E-state index in [0.29, 0.717) is 29.7 Å². The van der Waals surface area contributed by atoms with E-state index in [1.165, 1.54) is 0 Å². The second kappa shape index (κ2) is 11.9. The minimum absolute atomic E-state index is 0.00847. The molecule has 3 aromatic rings. The molecular formula is C28H34O4. The third-order valence-corrected chi connectivity index (χ3v) is 5.11. The van der Waals surface area contributed by atoms with Crippen molar-refractivity contribution < 1.29 is 19.7 Å². The Morgan fingerprint density at radius 3 is 1.75 bits per heavy atom. The summed E-state index contributed by atoms with van der Waals surface area (Å²) in [5.41, 5.74) is 3.03. The number of hydrogen-bond donors (Lipinski definition) is 2. The number of Topliss-reactive ketones (excluding diaryl/α,β-unsaturated/α-hetero) is 1. The summed E-state index contributed by atoms with van der Waals surface area (Å²) < 4.78 is 5.93. The second-order valence-corrected chi connectivity index (χ2v) is 7.24. The predicted molar refractivity (Wildman–Crippen MR) is 130 cm³/mol. The van der Waals surface area contributed by atoms with Crippen LogP contribution in [0.5, 0.6) is 17.2 Å². The van der Waals surface area contributed by atoms with Crippen LogP contribution >= 0.6 is 0 Å². The van der Waals surface area contributed by atoms with E-state index in [-0.39, 0.29) is 35.4 Å². The molecule has 1 atom stereocenters. The highest BCUT2D eigenvalue weighted by Crippen LogP contribution is 2.47. The third-order valence-electron chi connectivity index (χ3n) is 5.11. The molecule has 0 aliphatic carbocycles. The van der Waals surface area contributed by atoms with E-state index in [2.05, 4.69) is 0 Å². The van der Waals surface area contributed by atoms with Crippen molar-refractivity contribution in [2.45, 2.75) is 60.0 Å². The van der Waals surface area contributed by atoms with Crippen LogP contribution in [0.1, 0.15) is 73.7 Å². The molecule has 0 aromatic heterocycles. The van der Waals surface area contributed by atoms with Crippen molar-refractivity contribution in [3.8, 4) is 17.2 Å². The molecule has 1 heterocycles. The van der Waals surface area contributed by atoms with Gasteiger partial charge in [0.25, 0.3) is 0 Å². The highest BCUT2D eigenvalue weighted by atomic mass is 16.5. The van der Waals surface area contributed by atoms with Gasteiger partial charge in [-0.05, 0) is 18.1 Å². The number of ketones is 1. The first-order chi connectivity index (χ1) is 15.5. The van der Waals surface area contributed by atoms with Crippen LogP contribution in [0, 0.1) is 0 Å². The number of carbonyl (C=O) groups is 1. The lowest BCUT2D eigenvalue weighted by atomic mass is 9.89. The molecule has 0 amide bonds. The second-order valence-electron chi connectivity index (χ2n) is 7.24. The fourth-order valence-corrected chi connectivity index (χ4v) is 3.74. The Hall–Kier alpha value is -3.27. The average molecular weight is 435 g/mol. The molecule has 0 spiro atoms. The molecule has 0 radical (unpaired) electrons. The lowest BCUT2D eigenvalue weighted by molar-refractivity contribution is 0.0863. The molecule has 170 valence electrons. The monoisotopic (exact) mass is 434 g/mol. The summed E-state index contributed by atoms with van der Waals surface area (Å²) in [7, 11) is 0. The van der Waals surface area contributed by atoms with Crippen molar-refractivity contribution >= 4 is 5.78 Å². The van der Waals surface area contributed by atoms with E-state index in [1.54, 1.807) is 0 Å². The van der Waals surface area contributed by atoms with E-state index in [9.17, 15) is 15.0 Å². The Bertz CT molecular complexity index is 1010. The van der Waals surface area contributed by atoms with Crippen LogP contribution in [0.15, 0.2) is 60.7 Å². The third kappa shape index (κ3) is 5.50. The van der Waals surface area contributed by atoms with Crippen LogP contribution in [-0.2, 0) is 12.8 Å². The van der Waals surface area contributed by atoms with E-state index in [4.69, 9.17) is 4.74 Å². The summed E-state index contributed by atoms with van der Waals surface area (Å²) in [5, 5.41) is 21.9. The van der Waals surface area contributed by atoms with Gasteiger partial charge in [0.1, 0.15) is 28.9 Å². The van der Waals surface area contributed by atoms with E-state index in [0.717, 1.165) is 11.1 Å². The molecule has 1 unspecified atom stereocenters. The maximum Gasteiger partial charge on any atom is 0.174 e. The molecule has 0 saturated carbocycles. The molecule has 4 nitrogen and oxygen atoms in total.